The van der Waals surface area contributed by atoms with Crippen LogP contribution in [-0.4, -0.2) is 53.7 Å². The first-order valence-electron chi connectivity index (χ1n) is 7.40. The van der Waals surface area contributed by atoms with E-state index in [2.05, 4.69) is 6.07 Å². The van der Waals surface area contributed by atoms with Crippen LogP contribution in [0.5, 0.6) is 5.75 Å². The second kappa shape index (κ2) is 5.80. The molecule has 3 rings (SSSR count). The Morgan fingerprint density at radius 1 is 1.30 bits per heavy atom. The number of rotatable bonds is 2. The highest BCUT2D eigenvalue weighted by atomic mass is 16.5. The van der Waals surface area contributed by atoms with E-state index in [1.807, 2.05) is 0 Å². The molecular weight excluding hydrogens is 298 g/mol. The lowest BCUT2D eigenvalue weighted by Gasteiger charge is -2.40. The Labute approximate surface area is 133 Å². The fraction of sp³-hybridized carbons (Fsp3) is 0.438. The number of urea groups is 1. The number of amides is 2. The Bertz CT molecular complexity index is 704. The van der Waals surface area contributed by atoms with Gasteiger partial charge in [-0.15, -0.1) is 0 Å². The Balaban J connectivity index is 1.83. The van der Waals surface area contributed by atoms with E-state index in [0.29, 0.717) is 38.3 Å². The first-order chi connectivity index (χ1) is 11.0. The van der Waals surface area contributed by atoms with Crippen molar-refractivity contribution in [3.05, 3.63) is 28.8 Å². The molecule has 2 aliphatic rings. The number of nitriles is 1. The van der Waals surface area contributed by atoms with E-state index in [-0.39, 0.29) is 17.5 Å². The van der Waals surface area contributed by atoms with Gasteiger partial charge < -0.3 is 19.6 Å². The summed E-state index contributed by atoms with van der Waals surface area (Å²) in [6, 6.07) is 5.22. The van der Waals surface area contributed by atoms with Gasteiger partial charge in [-0.25, -0.2) is 9.59 Å². The lowest BCUT2D eigenvalue weighted by atomic mass is 9.93. The lowest BCUT2D eigenvalue weighted by molar-refractivity contribution is 0.0694. The number of carbonyl (C=O) groups is 2. The molecule has 1 aromatic carbocycles. The zero-order valence-corrected chi connectivity index (χ0v) is 12.8. The second-order valence-electron chi connectivity index (χ2n) is 5.76. The SMILES string of the molecule is COc1ccc(C(=O)O)c2c1CN(C(=O)N1CC(C#N)C1)CC2. The van der Waals surface area contributed by atoms with Crippen molar-refractivity contribution in [2.75, 3.05) is 26.7 Å². The van der Waals surface area contributed by atoms with Gasteiger partial charge in [-0.1, -0.05) is 0 Å². The number of benzene rings is 1. The summed E-state index contributed by atoms with van der Waals surface area (Å²) in [5.74, 6) is -0.450. The fourth-order valence-corrected chi connectivity index (χ4v) is 3.12. The summed E-state index contributed by atoms with van der Waals surface area (Å²) in [4.78, 5) is 27.1. The topological polar surface area (TPSA) is 93.9 Å². The number of aromatic carboxylic acids is 1. The van der Waals surface area contributed by atoms with Crippen molar-refractivity contribution < 1.29 is 19.4 Å². The van der Waals surface area contributed by atoms with Gasteiger partial charge in [0.15, 0.2) is 0 Å². The van der Waals surface area contributed by atoms with Crippen molar-refractivity contribution in [1.82, 2.24) is 9.80 Å². The van der Waals surface area contributed by atoms with Crippen molar-refractivity contribution in [2.24, 2.45) is 5.92 Å². The molecule has 0 aromatic heterocycles. The minimum atomic E-state index is -0.969. The standard InChI is InChI=1S/C16H17N3O4/c1-23-14-3-2-12(15(20)21)11-4-5-18(9-13(11)14)16(22)19-7-10(6-17)8-19/h2-3,10H,4-5,7-9H2,1H3,(H,20,21). The van der Waals surface area contributed by atoms with Crippen LogP contribution in [0.3, 0.4) is 0 Å². The quantitative estimate of drug-likeness (QED) is 0.888. The molecule has 0 unspecified atom stereocenters. The van der Waals surface area contributed by atoms with Crippen LogP contribution in [0.2, 0.25) is 0 Å². The van der Waals surface area contributed by atoms with Gasteiger partial charge in [0.25, 0.3) is 0 Å². The minimum Gasteiger partial charge on any atom is -0.496 e. The van der Waals surface area contributed by atoms with Crippen LogP contribution < -0.4 is 4.74 Å². The predicted octanol–water partition coefficient (Wildman–Crippen LogP) is 1.33. The minimum absolute atomic E-state index is 0.0795. The average molecular weight is 315 g/mol. The van der Waals surface area contributed by atoms with E-state index < -0.39 is 5.97 Å². The predicted molar refractivity (Wildman–Crippen MR) is 80.1 cm³/mol. The third-order valence-corrected chi connectivity index (χ3v) is 4.42. The van der Waals surface area contributed by atoms with Gasteiger partial charge in [-0.2, -0.15) is 5.26 Å². The zero-order chi connectivity index (χ0) is 16.6. The summed E-state index contributed by atoms with van der Waals surface area (Å²) in [7, 11) is 1.53. The molecule has 0 aliphatic carbocycles. The third-order valence-electron chi connectivity index (χ3n) is 4.42. The number of hydrogen-bond acceptors (Lipinski definition) is 4. The van der Waals surface area contributed by atoms with Crippen molar-refractivity contribution >= 4 is 12.0 Å². The highest BCUT2D eigenvalue weighted by Gasteiger charge is 2.35. The molecule has 0 bridgehead atoms. The van der Waals surface area contributed by atoms with Crippen LogP contribution in [0.15, 0.2) is 12.1 Å². The molecule has 2 heterocycles. The monoisotopic (exact) mass is 315 g/mol. The van der Waals surface area contributed by atoms with E-state index in [9.17, 15) is 14.7 Å². The number of ether oxygens (including phenoxy) is 1. The van der Waals surface area contributed by atoms with Gasteiger partial charge >= 0.3 is 12.0 Å². The first kappa shape index (κ1) is 15.2. The number of carbonyl (C=O) groups excluding carboxylic acids is 1. The molecule has 2 aliphatic heterocycles. The maximum absolute atomic E-state index is 12.5. The number of nitrogens with zero attached hydrogens (tertiary/aromatic N) is 3. The normalized spacial score (nSPS) is 17.0. The molecule has 2 amide bonds. The molecule has 0 saturated carbocycles. The molecule has 1 saturated heterocycles. The molecule has 0 spiro atoms. The van der Waals surface area contributed by atoms with Crippen LogP contribution in [0.25, 0.3) is 0 Å². The molecule has 1 aromatic rings. The van der Waals surface area contributed by atoms with Crippen molar-refractivity contribution in [3.8, 4) is 11.8 Å². The summed E-state index contributed by atoms with van der Waals surface area (Å²) in [6.45, 7) is 1.72. The van der Waals surface area contributed by atoms with E-state index in [1.165, 1.54) is 7.11 Å². The highest BCUT2D eigenvalue weighted by Crippen LogP contribution is 2.32. The molecule has 7 nitrogen and oxygen atoms in total. The lowest BCUT2D eigenvalue weighted by Crippen LogP contribution is -2.55. The fourth-order valence-electron chi connectivity index (χ4n) is 3.12. The van der Waals surface area contributed by atoms with E-state index in [4.69, 9.17) is 10.00 Å². The average Bonchev–Trinajstić information content (AvgIpc) is 2.51. The summed E-state index contributed by atoms with van der Waals surface area (Å²) in [5, 5.41) is 18.1. The summed E-state index contributed by atoms with van der Waals surface area (Å²) < 4.78 is 5.32. The molecular formula is C16H17N3O4. The number of likely N-dealkylation sites (tertiary alicyclic amines) is 1. The van der Waals surface area contributed by atoms with Crippen LogP contribution in [0, 0.1) is 17.2 Å². The Morgan fingerprint density at radius 2 is 2.04 bits per heavy atom. The largest absolute Gasteiger partial charge is 0.496 e. The maximum atomic E-state index is 12.5. The van der Waals surface area contributed by atoms with Gasteiger partial charge in [0.1, 0.15) is 5.75 Å². The van der Waals surface area contributed by atoms with Crippen molar-refractivity contribution in [3.63, 3.8) is 0 Å². The summed E-state index contributed by atoms with van der Waals surface area (Å²) in [6.07, 6.45) is 0.482. The van der Waals surface area contributed by atoms with Crippen LogP contribution in [0.1, 0.15) is 21.5 Å². The summed E-state index contributed by atoms with van der Waals surface area (Å²) in [5.41, 5.74) is 1.75. The number of carboxylic acids is 1. The van der Waals surface area contributed by atoms with Crippen LogP contribution in [-0.2, 0) is 13.0 Å². The van der Waals surface area contributed by atoms with E-state index in [0.717, 1.165) is 11.1 Å². The van der Waals surface area contributed by atoms with Crippen molar-refractivity contribution in [2.45, 2.75) is 13.0 Å². The van der Waals surface area contributed by atoms with Gasteiger partial charge in [0.2, 0.25) is 0 Å². The summed E-state index contributed by atoms with van der Waals surface area (Å²) >= 11 is 0. The van der Waals surface area contributed by atoms with Crippen LogP contribution in [0.4, 0.5) is 4.79 Å². The molecule has 0 atom stereocenters. The number of hydrogen-bond donors (Lipinski definition) is 1. The number of fused-ring (bicyclic) bond motifs is 1. The third kappa shape index (κ3) is 2.57. The number of carboxylic acid groups (broad SMARTS) is 1. The molecule has 120 valence electrons. The molecule has 23 heavy (non-hydrogen) atoms. The van der Waals surface area contributed by atoms with E-state index in [1.54, 1.807) is 21.9 Å². The number of methoxy groups -OCH3 is 1. The molecule has 1 N–H and O–H groups in total. The van der Waals surface area contributed by atoms with Crippen molar-refractivity contribution in [1.29, 1.82) is 5.26 Å². The van der Waals surface area contributed by atoms with Crippen LogP contribution >= 0.6 is 0 Å². The first-order valence-corrected chi connectivity index (χ1v) is 7.40. The molecule has 0 radical (unpaired) electrons. The molecule has 1 fully saturated rings. The second-order valence-corrected chi connectivity index (χ2v) is 5.76. The Hall–Kier alpha value is -2.75. The maximum Gasteiger partial charge on any atom is 0.335 e. The zero-order valence-electron chi connectivity index (χ0n) is 12.8. The Morgan fingerprint density at radius 3 is 2.65 bits per heavy atom. The smallest absolute Gasteiger partial charge is 0.335 e. The molecule has 7 heteroatoms. The van der Waals surface area contributed by atoms with Gasteiger partial charge in [0.05, 0.1) is 31.2 Å². The Kier molecular flexibility index (Phi) is 3.82. The highest BCUT2D eigenvalue weighted by molar-refractivity contribution is 5.90. The van der Waals surface area contributed by atoms with Gasteiger partial charge in [0, 0.05) is 25.2 Å². The van der Waals surface area contributed by atoms with Gasteiger partial charge in [-0.05, 0) is 24.1 Å². The van der Waals surface area contributed by atoms with E-state index >= 15 is 0 Å². The van der Waals surface area contributed by atoms with Gasteiger partial charge in [-0.3, -0.25) is 0 Å².